The Morgan fingerprint density at radius 2 is 1.85 bits per heavy atom. The smallest absolute Gasteiger partial charge is 0.274 e. The van der Waals surface area contributed by atoms with Crippen molar-refractivity contribution in [2.45, 2.75) is 38.8 Å². The lowest BCUT2D eigenvalue weighted by Gasteiger charge is -2.31. The molecule has 1 aromatic carbocycles. The van der Waals surface area contributed by atoms with E-state index < -0.39 is 0 Å². The molecule has 8 heteroatoms. The third-order valence-electron chi connectivity index (χ3n) is 4.83. The van der Waals surface area contributed by atoms with Crippen molar-refractivity contribution in [3.8, 4) is 0 Å². The molecule has 2 heterocycles. The molecular weight excluding hydrogens is 346 g/mol. The molecule has 2 aromatic rings. The molecule has 0 unspecified atom stereocenters. The number of nitrogens with zero attached hydrogens (tertiary/aromatic N) is 3. The maximum atomic E-state index is 12.9. The molecule has 144 valence electrons. The molecule has 1 aliphatic heterocycles. The molecule has 0 saturated carbocycles. The van der Waals surface area contributed by atoms with E-state index in [9.17, 15) is 14.4 Å². The van der Waals surface area contributed by atoms with Crippen molar-refractivity contribution >= 4 is 22.6 Å². The van der Waals surface area contributed by atoms with Crippen LogP contribution >= 0.6 is 0 Å². The fraction of sp³-hybridized carbons (Fsp3) is 0.474. The fourth-order valence-corrected chi connectivity index (χ4v) is 3.43. The molecule has 1 saturated heterocycles. The van der Waals surface area contributed by atoms with Crippen molar-refractivity contribution in [3.05, 3.63) is 40.3 Å². The first-order valence-corrected chi connectivity index (χ1v) is 9.20. The zero-order valence-corrected chi connectivity index (χ0v) is 15.6. The Morgan fingerprint density at radius 3 is 2.44 bits per heavy atom. The second-order valence-corrected chi connectivity index (χ2v) is 7.23. The van der Waals surface area contributed by atoms with E-state index in [2.05, 4.69) is 10.4 Å². The minimum atomic E-state index is -0.343. The van der Waals surface area contributed by atoms with Crippen LogP contribution in [0.25, 0.3) is 10.8 Å². The molecule has 0 bridgehead atoms. The second kappa shape index (κ2) is 7.87. The van der Waals surface area contributed by atoms with Crippen LogP contribution in [0.1, 0.15) is 43.2 Å². The lowest BCUT2D eigenvalue weighted by atomic mass is 10.0. The van der Waals surface area contributed by atoms with Gasteiger partial charge in [0.2, 0.25) is 5.91 Å². The molecule has 3 N–H and O–H groups in total. The number of fused-ring (bicyclic) bond motifs is 1. The summed E-state index contributed by atoms with van der Waals surface area (Å²) in [5.41, 5.74) is 5.30. The second-order valence-electron chi connectivity index (χ2n) is 7.23. The van der Waals surface area contributed by atoms with E-state index in [1.807, 2.05) is 18.7 Å². The minimum Gasteiger partial charge on any atom is -0.369 e. The Hall–Kier alpha value is -2.74. The number of rotatable bonds is 5. The molecule has 0 radical (unpaired) electrons. The lowest BCUT2D eigenvalue weighted by molar-refractivity contribution is -0.119. The van der Waals surface area contributed by atoms with Crippen molar-refractivity contribution in [3.63, 3.8) is 0 Å². The van der Waals surface area contributed by atoms with Gasteiger partial charge in [0, 0.05) is 24.5 Å². The van der Waals surface area contributed by atoms with E-state index >= 15 is 0 Å². The van der Waals surface area contributed by atoms with Gasteiger partial charge in [-0.3, -0.25) is 19.3 Å². The first kappa shape index (κ1) is 19.0. The van der Waals surface area contributed by atoms with Crippen LogP contribution in [0.2, 0.25) is 0 Å². The molecule has 1 aliphatic rings. The number of aromatic nitrogens is 2. The summed E-state index contributed by atoms with van der Waals surface area (Å²) in [7, 11) is 0. The normalized spacial score (nSPS) is 16.0. The summed E-state index contributed by atoms with van der Waals surface area (Å²) >= 11 is 0. The standard InChI is InChI=1S/C19H25N5O3/c1-12(2)24-19(27)15-6-4-3-5-14(15)17(22-24)18(26)21-13-7-9-23(10-8-13)11-16(20)25/h3-6,12-13H,7-11H2,1-2H3,(H2,20,25)(H,21,26). The van der Waals surface area contributed by atoms with E-state index in [4.69, 9.17) is 5.73 Å². The van der Waals surface area contributed by atoms with Crippen LogP contribution < -0.4 is 16.6 Å². The van der Waals surface area contributed by atoms with Crippen molar-refractivity contribution in [2.75, 3.05) is 19.6 Å². The number of hydrogen-bond acceptors (Lipinski definition) is 5. The number of amides is 2. The Bertz CT molecular complexity index is 913. The van der Waals surface area contributed by atoms with Gasteiger partial charge in [-0.2, -0.15) is 5.10 Å². The fourth-order valence-electron chi connectivity index (χ4n) is 3.43. The number of piperidine rings is 1. The molecule has 0 aliphatic carbocycles. The summed E-state index contributed by atoms with van der Waals surface area (Å²) in [5.74, 6) is -0.627. The van der Waals surface area contributed by atoms with Gasteiger partial charge in [0.1, 0.15) is 0 Å². The van der Waals surface area contributed by atoms with Gasteiger partial charge in [0.15, 0.2) is 5.69 Å². The SMILES string of the molecule is CC(C)n1nc(C(=O)NC2CCN(CC(N)=O)CC2)c2ccccc2c1=O. The summed E-state index contributed by atoms with van der Waals surface area (Å²) in [6.45, 7) is 5.37. The van der Waals surface area contributed by atoms with Crippen LogP contribution in [-0.2, 0) is 4.79 Å². The maximum absolute atomic E-state index is 12.9. The van der Waals surface area contributed by atoms with Crippen LogP contribution in [0.4, 0.5) is 0 Å². The van der Waals surface area contributed by atoms with Gasteiger partial charge in [-0.1, -0.05) is 18.2 Å². The third kappa shape index (κ3) is 4.16. The van der Waals surface area contributed by atoms with Gasteiger partial charge in [0.05, 0.1) is 18.0 Å². The van der Waals surface area contributed by atoms with Crippen LogP contribution in [0.3, 0.4) is 0 Å². The molecule has 0 atom stereocenters. The number of carbonyl (C=O) groups is 2. The maximum Gasteiger partial charge on any atom is 0.274 e. The largest absolute Gasteiger partial charge is 0.369 e. The first-order valence-electron chi connectivity index (χ1n) is 9.20. The molecule has 3 rings (SSSR count). The summed E-state index contributed by atoms with van der Waals surface area (Å²) in [4.78, 5) is 38.5. The number of likely N-dealkylation sites (tertiary alicyclic amines) is 1. The van der Waals surface area contributed by atoms with Gasteiger partial charge >= 0.3 is 0 Å². The molecule has 1 aromatic heterocycles. The predicted octanol–water partition coefficient (Wildman–Crippen LogP) is 0.657. The van der Waals surface area contributed by atoms with Gasteiger partial charge in [-0.05, 0) is 32.8 Å². The van der Waals surface area contributed by atoms with Crippen molar-refractivity contribution < 1.29 is 9.59 Å². The highest BCUT2D eigenvalue weighted by molar-refractivity contribution is 6.04. The average molecular weight is 371 g/mol. The Kier molecular flexibility index (Phi) is 5.55. The van der Waals surface area contributed by atoms with Gasteiger partial charge in [-0.15, -0.1) is 0 Å². The van der Waals surface area contributed by atoms with Crippen LogP contribution in [0, 0.1) is 0 Å². The summed E-state index contributed by atoms with van der Waals surface area (Å²) in [6.07, 6.45) is 1.47. The molecule has 1 fully saturated rings. The summed E-state index contributed by atoms with van der Waals surface area (Å²) < 4.78 is 1.35. The van der Waals surface area contributed by atoms with Crippen LogP contribution in [-0.4, -0.2) is 52.2 Å². The average Bonchev–Trinajstić information content (AvgIpc) is 2.63. The number of nitrogens with one attached hydrogen (secondary N) is 1. The predicted molar refractivity (Wildman–Crippen MR) is 103 cm³/mol. The van der Waals surface area contributed by atoms with E-state index in [0.717, 1.165) is 12.8 Å². The van der Waals surface area contributed by atoms with Crippen molar-refractivity contribution in [1.82, 2.24) is 20.0 Å². The van der Waals surface area contributed by atoms with Crippen LogP contribution in [0.15, 0.2) is 29.1 Å². The quantitative estimate of drug-likeness (QED) is 0.802. The topological polar surface area (TPSA) is 110 Å². The lowest BCUT2D eigenvalue weighted by Crippen LogP contribution is -2.47. The van der Waals surface area contributed by atoms with Crippen molar-refractivity contribution in [1.29, 1.82) is 0 Å². The van der Waals surface area contributed by atoms with Gasteiger partial charge < -0.3 is 11.1 Å². The van der Waals surface area contributed by atoms with Crippen molar-refractivity contribution in [2.24, 2.45) is 5.73 Å². The highest BCUT2D eigenvalue weighted by Gasteiger charge is 2.24. The molecule has 27 heavy (non-hydrogen) atoms. The van der Waals surface area contributed by atoms with E-state index in [-0.39, 0.29) is 41.7 Å². The van der Waals surface area contributed by atoms with Gasteiger partial charge in [0.25, 0.3) is 11.5 Å². The van der Waals surface area contributed by atoms with Gasteiger partial charge in [-0.25, -0.2) is 4.68 Å². The molecule has 8 nitrogen and oxygen atoms in total. The summed E-state index contributed by atoms with van der Waals surface area (Å²) in [5, 5.41) is 8.41. The number of benzene rings is 1. The number of nitrogens with two attached hydrogens (primary N) is 1. The monoisotopic (exact) mass is 371 g/mol. The highest BCUT2D eigenvalue weighted by atomic mass is 16.2. The first-order chi connectivity index (χ1) is 12.9. The molecular formula is C19H25N5O3. The van der Waals surface area contributed by atoms with Crippen LogP contribution in [0.5, 0.6) is 0 Å². The highest BCUT2D eigenvalue weighted by Crippen LogP contribution is 2.16. The number of primary amides is 1. The zero-order valence-electron chi connectivity index (χ0n) is 15.6. The molecule has 2 amide bonds. The zero-order chi connectivity index (χ0) is 19.6. The Balaban J connectivity index is 1.81. The van der Waals surface area contributed by atoms with E-state index in [0.29, 0.717) is 23.9 Å². The molecule has 0 spiro atoms. The Morgan fingerprint density at radius 1 is 1.22 bits per heavy atom. The van der Waals surface area contributed by atoms with E-state index in [1.165, 1.54) is 4.68 Å². The summed E-state index contributed by atoms with van der Waals surface area (Å²) in [6, 6.07) is 6.90. The Labute approximate surface area is 157 Å². The third-order valence-corrected chi connectivity index (χ3v) is 4.83. The minimum absolute atomic E-state index is 0.00150. The number of carbonyl (C=O) groups excluding carboxylic acids is 2. The van der Waals surface area contributed by atoms with E-state index in [1.54, 1.807) is 24.3 Å². The number of hydrogen-bond donors (Lipinski definition) is 2.